The maximum Gasteiger partial charge on any atom is 0.0869 e. The van der Waals surface area contributed by atoms with Crippen LogP contribution in [0, 0.1) is 6.92 Å². The molecule has 1 rings (SSSR count). The van der Waals surface area contributed by atoms with Gasteiger partial charge in [-0.3, -0.25) is 0 Å². The Morgan fingerprint density at radius 2 is 2.06 bits per heavy atom. The molecule has 1 aromatic rings. The first kappa shape index (κ1) is 15.6. The molecule has 1 aromatic carbocycles. The number of aryl methyl sites for hydroxylation is 1. The standard InChI is InChI=1S/C14H23BrN2O/c1-11-7-12(5-6-13(11)15)8-16-9-14(2,18)10-17(3)4/h5-7,16,18H,8-10H2,1-4H3. The van der Waals surface area contributed by atoms with Crippen LogP contribution in [-0.2, 0) is 6.54 Å². The van der Waals surface area contributed by atoms with Gasteiger partial charge in [0, 0.05) is 24.1 Å². The summed E-state index contributed by atoms with van der Waals surface area (Å²) in [7, 11) is 3.93. The number of likely N-dealkylation sites (N-methyl/N-ethyl adjacent to an activating group) is 1. The molecule has 0 saturated carbocycles. The molecule has 0 radical (unpaired) electrons. The van der Waals surface area contributed by atoms with E-state index in [2.05, 4.69) is 46.4 Å². The Labute approximate surface area is 118 Å². The fraction of sp³-hybridized carbons (Fsp3) is 0.571. The molecule has 0 aliphatic rings. The molecule has 2 N–H and O–H groups in total. The smallest absolute Gasteiger partial charge is 0.0869 e. The molecule has 3 nitrogen and oxygen atoms in total. The van der Waals surface area contributed by atoms with Crippen molar-refractivity contribution in [2.45, 2.75) is 26.0 Å². The minimum absolute atomic E-state index is 0.584. The fourth-order valence-corrected chi connectivity index (χ4v) is 2.28. The summed E-state index contributed by atoms with van der Waals surface area (Å²) in [6, 6.07) is 6.30. The molecule has 1 atom stereocenters. The van der Waals surface area contributed by atoms with Gasteiger partial charge in [-0.25, -0.2) is 0 Å². The van der Waals surface area contributed by atoms with Gasteiger partial charge in [0.15, 0.2) is 0 Å². The van der Waals surface area contributed by atoms with Crippen LogP contribution in [0.15, 0.2) is 22.7 Å². The van der Waals surface area contributed by atoms with Crippen LogP contribution < -0.4 is 5.32 Å². The zero-order valence-electron chi connectivity index (χ0n) is 11.6. The summed E-state index contributed by atoms with van der Waals surface area (Å²) in [6.45, 7) is 5.94. The van der Waals surface area contributed by atoms with Gasteiger partial charge in [-0.05, 0) is 45.1 Å². The summed E-state index contributed by atoms with van der Waals surface area (Å²) in [5.74, 6) is 0. The lowest BCUT2D eigenvalue weighted by molar-refractivity contribution is 0.0336. The molecule has 4 heteroatoms. The lowest BCUT2D eigenvalue weighted by Crippen LogP contribution is -2.45. The average molecular weight is 315 g/mol. The third kappa shape index (κ3) is 5.48. The zero-order valence-corrected chi connectivity index (χ0v) is 13.2. The average Bonchev–Trinajstić information content (AvgIpc) is 2.21. The van der Waals surface area contributed by atoms with Crippen LogP contribution in [0.2, 0.25) is 0 Å². The second-order valence-electron chi connectivity index (χ2n) is 5.42. The molecule has 0 aliphatic heterocycles. The van der Waals surface area contributed by atoms with E-state index in [9.17, 15) is 5.11 Å². The SMILES string of the molecule is Cc1cc(CNCC(C)(O)CN(C)C)ccc1Br. The Hall–Kier alpha value is -0.420. The van der Waals surface area contributed by atoms with Gasteiger partial charge < -0.3 is 15.3 Å². The van der Waals surface area contributed by atoms with Crippen LogP contribution in [0.3, 0.4) is 0 Å². The Morgan fingerprint density at radius 3 is 2.61 bits per heavy atom. The van der Waals surface area contributed by atoms with Gasteiger partial charge in [-0.1, -0.05) is 28.1 Å². The summed E-state index contributed by atoms with van der Waals surface area (Å²) in [6.07, 6.45) is 0. The van der Waals surface area contributed by atoms with Crippen molar-refractivity contribution in [3.05, 3.63) is 33.8 Å². The van der Waals surface area contributed by atoms with Crippen molar-refractivity contribution in [3.63, 3.8) is 0 Å². The Bertz CT molecular complexity index is 391. The molecule has 1 unspecified atom stereocenters. The van der Waals surface area contributed by atoms with Crippen LogP contribution in [0.25, 0.3) is 0 Å². The lowest BCUT2D eigenvalue weighted by atomic mass is 10.1. The predicted octanol–water partition coefficient (Wildman–Crippen LogP) is 2.16. The van der Waals surface area contributed by atoms with Crippen molar-refractivity contribution in [1.29, 1.82) is 0 Å². The van der Waals surface area contributed by atoms with E-state index in [-0.39, 0.29) is 0 Å². The summed E-state index contributed by atoms with van der Waals surface area (Å²) >= 11 is 3.49. The third-order valence-electron chi connectivity index (χ3n) is 2.71. The maximum absolute atomic E-state index is 10.1. The zero-order chi connectivity index (χ0) is 13.8. The molecular weight excluding hydrogens is 292 g/mol. The van der Waals surface area contributed by atoms with Crippen molar-refractivity contribution in [2.75, 3.05) is 27.2 Å². The van der Waals surface area contributed by atoms with Crippen LogP contribution in [-0.4, -0.2) is 42.8 Å². The van der Waals surface area contributed by atoms with E-state index in [0.717, 1.165) is 11.0 Å². The summed E-state index contributed by atoms with van der Waals surface area (Å²) in [4.78, 5) is 1.99. The molecule has 102 valence electrons. The number of hydrogen-bond acceptors (Lipinski definition) is 3. The van der Waals surface area contributed by atoms with Crippen molar-refractivity contribution < 1.29 is 5.11 Å². The highest BCUT2D eigenvalue weighted by atomic mass is 79.9. The Balaban J connectivity index is 2.43. The second kappa shape index (κ2) is 6.66. The van der Waals surface area contributed by atoms with Gasteiger partial charge in [0.05, 0.1) is 5.60 Å². The van der Waals surface area contributed by atoms with Gasteiger partial charge in [0.1, 0.15) is 0 Å². The first-order valence-corrected chi connectivity index (χ1v) is 6.92. The van der Waals surface area contributed by atoms with E-state index >= 15 is 0 Å². The number of nitrogens with one attached hydrogen (secondary N) is 1. The quantitative estimate of drug-likeness (QED) is 0.844. The highest BCUT2D eigenvalue weighted by Crippen LogP contribution is 2.17. The van der Waals surface area contributed by atoms with E-state index in [1.165, 1.54) is 11.1 Å². The predicted molar refractivity (Wildman–Crippen MR) is 79.8 cm³/mol. The van der Waals surface area contributed by atoms with Gasteiger partial charge in [-0.2, -0.15) is 0 Å². The Kier molecular flexibility index (Phi) is 5.79. The topological polar surface area (TPSA) is 35.5 Å². The molecule has 0 aliphatic carbocycles. The number of rotatable bonds is 6. The summed E-state index contributed by atoms with van der Waals surface area (Å²) in [5.41, 5.74) is 1.76. The first-order chi connectivity index (χ1) is 8.30. The number of nitrogens with zero attached hydrogens (tertiary/aromatic N) is 1. The number of hydrogen-bond donors (Lipinski definition) is 2. The summed E-state index contributed by atoms with van der Waals surface area (Å²) in [5, 5.41) is 13.5. The Morgan fingerprint density at radius 1 is 1.39 bits per heavy atom. The molecule has 0 spiro atoms. The van der Waals surface area contributed by atoms with Crippen molar-refractivity contribution in [2.24, 2.45) is 0 Å². The van der Waals surface area contributed by atoms with E-state index < -0.39 is 5.60 Å². The minimum atomic E-state index is -0.700. The number of benzene rings is 1. The third-order valence-corrected chi connectivity index (χ3v) is 3.60. The molecule has 0 amide bonds. The van der Waals surface area contributed by atoms with E-state index in [0.29, 0.717) is 13.1 Å². The normalized spacial score (nSPS) is 14.8. The monoisotopic (exact) mass is 314 g/mol. The fourth-order valence-electron chi connectivity index (χ4n) is 2.03. The van der Waals surface area contributed by atoms with Crippen molar-refractivity contribution in [3.8, 4) is 0 Å². The molecule has 0 aromatic heterocycles. The van der Waals surface area contributed by atoms with E-state index in [1.807, 2.05) is 25.9 Å². The van der Waals surface area contributed by atoms with Gasteiger partial charge >= 0.3 is 0 Å². The van der Waals surface area contributed by atoms with E-state index in [1.54, 1.807) is 0 Å². The van der Waals surface area contributed by atoms with Crippen molar-refractivity contribution >= 4 is 15.9 Å². The highest BCUT2D eigenvalue weighted by molar-refractivity contribution is 9.10. The second-order valence-corrected chi connectivity index (χ2v) is 6.28. The van der Waals surface area contributed by atoms with Gasteiger partial charge in [0.25, 0.3) is 0 Å². The molecule has 0 bridgehead atoms. The first-order valence-electron chi connectivity index (χ1n) is 6.13. The largest absolute Gasteiger partial charge is 0.388 e. The summed E-state index contributed by atoms with van der Waals surface area (Å²) < 4.78 is 1.13. The van der Waals surface area contributed by atoms with Gasteiger partial charge in [0.2, 0.25) is 0 Å². The molecule has 18 heavy (non-hydrogen) atoms. The van der Waals surface area contributed by atoms with Crippen LogP contribution in [0.4, 0.5) is 0 Å². The highest BCUT2D eigenvalue weighted by Gasteiger charge is 2.20. The van der Waals surface area contributed by atoms with E-state index in [4.69, 9.17) is 0 Å². The van der Waals surface area contributed by atoms with Crippen LogP contribution in [0.5, 0.6) is 0 Å². The molecular formula is C14H23BrN2O. The van der Waals surface area contributed by atoms with Crippen LogP contribution in [0.1, 0.15) is 18.1 Å². The molecule has 0 fully saturated rings. The number of halogens is 1. The van der Waals surface area contributed by atoms with Crippen molar-refractivity contribution in [1.82, 2.24) is 10.2 Å². The molecule has 0 heterocycles. The lowest BCUT2D eigenvalue weighted by Gasteiger charge is -2.27. The van der Waals surface area contributed by atoms with Crippen LogP contribution >= 0.6 is 15.9 Å². The van der Waals surface area contributed by atoms with Gasteiger partial charge in [-0.15, -0.1) is 0 Å². The number of aliphatic hydroxyl groups is 1. The maximum atomic E-state index is 10.1. The minimum Gasteiger partial charge on any atom is -0.388 e. The molecule has 0 saturated heterocycles.